The first-order valence-corrected chi connectivity index (χ1v) is 14.0. The molecule has 2 aliphatic rings. The molecule has 0 spiro atoms. The van der Waals surface area contributed by atoms with Crippen molar-refractivity contribution in [3.8, 4) is 5.75 Å². The second-order valence-electron chi connectivity index (χ2n) is 9.53. The standard InChI is InChI=1S/C25H39N3O5S/c1-4-5-16-26-24(30)25(14-8-6-9-15-25)27-23(29)20-12-13-21(33-3)22(18-20)34(31,32)28-17-10-7-11-19(28)2/h12-13,18-19H,4-11,14-17H2,1-3H3,(H,26,30)(H,27,29). The van der Waals surface area contributed by atoms with E-state index in [0.29, 0.717) is 25.9 Å². The van der Waals surface area contributed by atoms with Gasteiger partial charge in [0.1, 0.15) is 16.2 Å². The molecular weight excluding hydrogens is 454 g/mol. The summed E-state index contributed by atoms with van der Waals surface area (Å²) in [4.78, 5) is 26.4. The smallest absolute Gasteiger partial charge is 0.252 e. The highest BCUT2D eigenvalue weighted by molar-refractivity contribution is 7.89. The van der Waals surface area contributed by atoms with Crippen molar-refractivity contribution in [2.45, 2.75) is 94.5 Å². The minimum Gasteiger partial charge on any atom is -0.495 e. The van der Waals surface area contributed by atoms with E-state index in [0.717, 1.165) is 51.4 Å². The third-order valence-corrected chi connectivity index (χ3v) is 9.10. The summed E-state index contributed by atoms with van der Waals surface area (Å²) in [6, 6.07) is 4.35. The van der Waals surface area contributed by atoms with Crippen molar-refractivity contribution >= 4 is 21.8 Å². The Kier molecular flexibility index (Phi) is 8.98. The van der Waals surface area contributed by atoms with Crippen molar-refractivity contribution in [2.24, 2.45) is 0 Å². The number of rotatable bonds is 9. The van der Waals surface area contributed by atoms with Gasteiger partial charge in [-0.2, -0.15) is 4.31 Å². The summed E-state index contributed by atoms with van der Waals surface area (Å²) in [6.07, 6.45) is 8.34. The molecule has 0 bridgehead atoms. The predicted molar refractivity (Wildman–Crippen MR) is 131 cm³/mol. The molecule has 2 amide bonds. The second kappa shape index (κ2) is 11.5. The molecule has 2 N–H and O–H groups in total. The van der Waals surface area contributed by atoms with Crippen LogP contribution >= 0.6 is 0 Å². The van der Waals surface area contributed by atoms with E-state index in [9.17, 15) is 18.0 Å². The minimum atomic E-state index is -3.84. The third-order valence-electron chi connectivity index (χ3n) is 7.06. The Morgan fingerprint density at radius 2 is 1.88 bits per heavy atom. The number of unbranched alkanes of at least 4 members (excludes halogenated alkanes) is 1. The fourth-order valence-corrected chi connectivity index (χ4v) is 6.86. The average Bonchev–Trinajstić information content (AvgIpc) is 2.84. The van der Waals surface area contributed by atoms with Crippen molar-refractivity contribution in [3.63, 3.8) is 0 Å². The average molecular weight is 494 g/mol. The quantitative estimate of drug-likeness (QED) is 0.512. The zero-order chi connectivity index (χ0) is 24.8. The van der Waals surface area contributed by atoms with E-state index in [1.807, 2.05) is 6.92 Å². The van der Waals surface area contributed by atoms with Crippen molar-refractivity contribution < 1.29 is 22.7 Å². The lowest BCUT2D eigenvalue weighted by molar-refractivity contribution is -0.128. The number of nitrogens with one attached hydrogen (secondary N) is 2. The third kappa shape index (κ3) is 5.74. The molecule has 1 unspecified atom stereocenters. The Labute approximate surface area is 203 Å². The van der Waals surface area contributed by atoms with E-state index in [-0.39, 0.29) is 28.2 Å². The van der Waals surface area contributed by atoms with Gasteiger partial charge < -0.3 is 15.4 Å². The zero-order valence-corrected chi connectivity index (χ0v) is 21.5. The Bertz CT molecular complexity index is 973. The molecule has 9 heteroatoms. The van der Waals surface area contributed by atoms with Gasteiger partial charge in [-0.15, -0.1) is 0 Å². The van der Waals surface area contributed by atoms with Crippen molar-refractivity contribution in [1.82, 2.24) is 14.9 Å². The number of nitrogens with zero attached hydrogens (tertiary/aromatic N) is 1. The molecule has 1 aromatic carbocycles. The van der Waals surface area contributed by atoms with Gasteiger partial charge in [0.05, 0.1) is 7.11 Å². The molecule has 3 rings (SSSR count). The summed E-state index contributed by atoms with van der Waals surface area (Å²) in [5.41, 5.74) is -0.765. The van der Waals surface area contributed by atoms with Gasteiger partial charge in [0.15, 0.2) is 0 Å². The molecule has 0 radical (unpaired) electrons. The molecule has 34 heavy (non-hydrogen) atoms. The molecule has 1 heterocycles. The number of carbonyl (C=O) groups is 2. The van der Waals surface area contributed by atoms with E-state index < -0.39 is 21.5 Å². The molecule has 8 nitrogen and oxygen atoms in total. The van der Waals surface area contributed by atoms with Gasteiger partial charge >= 0.3 is 0 Å². The van der Waals surface area contributed by atoms with E-state index in [4.69, 9.17) is 4.74 Å². The molecule has 190 valence electrons. The molecule has 1 saturated heterocycles. The van der Waals surface area contributed by atoms with Gasteiger partial charge in [0.25, 0.3) is 5.91 Å². The Morgan fingerprint density at radius 3 is 2.53 bits per heavy atom. The van der Waals surface area contributed by atoms with Crippen LogP contribution in [0.5, 0.6) is 5.75 Å². The van der Waals surface area contributed by atoms with Crippen LogP contribution in [-0.2, 0) is 14.8 Å². The fourth-order valence-electron chi connectivity index (χ4n) is 4.98. The number of piperidine rings is 1. The predicted octanol–water partition coefficient (Wildman–Crippen LogP) is 3.61. The highest BCUT2D eigenvalue weighted by Gasteiger charge is 2.41. The van der Waals surface area contributed by atoms with Crippen LogP contribution in [0.15, 0.2) is 23.1 Å². The maximum absolute atomic E-state index is 13.5. The van der Waals surface area contributed by atoms with Crippen LogP contribution in [0.3, 0.4) is 0 Å². The minimum absolute atomic E-state index is 0.0125. The van der Waals surface area contributed by atoms with Crippen molar-refractivity contribution in [2.75, 3.05) is 20.2 Å². The summed E-state index contributed by atoms with van der Waals surface area (Å²) in [7, 11) is -2.42. The van der Waals surface area contributed by atoms with Crippen LogP contribution in [0.2, 0.25) is 0 Å². The lowest BCUT2D eigenvalue weighted by Crippen LogP contribution is -2.59. The first-order valence-electron chi connectivity index (χ1n) is 12.6. The topological polar surface area (TPSA) is 105 Å². The maximum Gasteiger partial charge on any atom is 0.252 e. The number of hydrogen-bond donors (Lipinski definition) is 2. The van der Waals surface area contributed by atoms with Crippen LogP contribution in [0.1, 0.15) is 88.4 Å². The van der Waals surface area contributed by atoms with E-state index in [1.54, 1.807) is 6.07 Å². The SMILES string of the molecule is CCCCNC(=O)C1(NC(=O)c2ccc(OC)c(S(=O)(=O)N3CCCCC3C)c2)CCCCC1. The van der Waals surface area contributed by atoms with Crippen molar-refractivity contribution in [3.05, 3.63) is 23.8 Å². The highest BCUT2D eigenvalue weighted by Crippen LogP contribution is 2.33. The van der Waals surface area contributed by atoms with Gasteiger partial charge in [0, 0.05) is 24.7 Å². The van der Waals surface area contributed by atoms with E-state index in [2.05, 4.69) is 17.6 Å². The molecule has 1 atom stereocenters. The summed E-state index contributed by atoms with van der Waals surface area (Å²) in [6.45, 7) is 4.99. The largest absolute Gasteiger partial charge is 0.495 e. The number of carbonyl (C=O) groups excluding carboxylic acids is 2. The molecule has 0 aromatic heterocycles. The lowest BCUT2D eigenvalue weighted by atomic mass is 9.80. The number of methoxy groups -OCH3 is 1. The molecule has 1 aliphatic heterocycles. The maximum atomic E-state index is 13.5. The van der Waals surface area contributed by atoms with Gasteiger partial charge in [-0.1, -0.05) is 39.0 Å². The highest BCUT2D eigenvalue weighted by atomic mass is 32.2. The number of amides is 2. The Hall–Kier alpha value is -2.13. The van der Waals surface area contributed by atoms with Crippen LogP contribution in [-0.4, -0.2) is 56.3 Å². The first kappa shape index (κ1) is 26.5. The number of ether oxygens (including phenoxy) is 1. The molecular formula is C25H39N3O5S. The Balaban J connectivity index is 1.88. The molecule has 1 aromatic rings. The molecule has 2 fully saturated rings. The number of sulfonamides is 1. The van der Waals surface area contributed by atoms with Gasteiger partial charge in [-0.05, 0) is 57.2 Å². The fraction of sp³-hybridized carbons (Fsp3) is 0.680. The summed E-state index contributed by atoms with van der Waals surface area (Å²) in [5, 5.41) is 5.96. The van der Waals surface area contributed by atoms with Crippen molar-refractivity contribution in [1.29, 1.82) is 0 Å². The van der Waals surface area contributed by atoms with E-state index >= 15 is 0 Å². The molecule has 1 saturated carbocycles. The number of hydrogen-bond acceptors (Lipinski definition) is 5. The number of benzene rings is 1. The van der Waals surface area contributed by atoms with Gasteiger partial charge in [-0.25, -0.2) is 8.42 Å². The van der Waals surface area contributed by atoms with Crippen LogP contribution in [0.4, 0.5) is 0 Å². The van der Waals surface area contributed by atoms with Crippen LogP contribution in [0.25, 0.3) is 0 Å². The normalized spacial score (nSPS) is 21.0. The van der Waals surface area contributed by atoms with Crippen LogP contribution < -0.4 is 15.4 Å². The summed E-state index contributed by atoms with van der Waals surface area (Å²) in [5.74, 6) is -0.394. The Morgan fingerprint density at radius 1 is 1.15 bits per heavy atom. The lowest BCUT2D eigenvalue weighted by Gasteiger charge is -2.36. The van der Waals surface area contributed by atoms with Gasteiger partial charge in [0.2, 0.25) is 15.9 Å². The van der Waals surface area contributed by atoms with Gasteiger partial charge in [-0.3, -0.25) is 9.59 Å². The van der Waals surface area contributed by atoms with Crippen LogP contribution in [0, 0.1) is 0 Å². The second-order valence-corrected chi connectivity index (χ2v) is 11.4. The summed E-state index contributed by atoms with van der Waals surface area (Å²) < 4.78 is 33.9. The van der Waals surface area contributed by atoms with E-state index in [1.165, 1.54) is 23.5 Å². The molecule has 1 aliphatic carbocycles. The zero-order valence-electron chi connectivity index (χ0n) is 20.7. The summed E-state index contributed by atoms with van der Waals surface area (Å²) >= 11 is 0. The first-order chi connectivity index (χ1) is 16.2. The monoisotopic (exact) mass is 493 g/mol.